The summed E-state index contributed by atoms with van der Waals surface area (Å²) in [6.45, 7) is 12.3. The number of carbonyl (C=O) groups excluding carboxylic acids is 1. The first-order valence-electron chi connectivity index (χ1n) is 3.15. The molecule has 0 aliphatic carbocycles. The van der Waals surface area contributed by atoms with E-state index in [-0.39, 0.29) is 17.1 Å². The van der Waals surface area contributed by atoms with Crippen molar-refractivity contribution in [2.75, 3.05) is 0 Å². The Hall–Kier alpha value is -1.31. The van der Waals surface area contributed by atoms with Gasteiger partial charge in [-0.2, -0.15) is 0 Å². The minimum absolute atomic E-state index is 0.162. The SMILES string of the molecule is C=C.C=C(O)/C(=C\C)C(C)=O. The van der Waals surface area contributed by atoms with Gasteiger partial charge in [-0.3, -0.25) is 4.79 Å². The lowest BCUT2D eigenvalue weighted by Gasteiger charge is -1.96. The van der Waals surface area contributed by atoms with Crippen molar-refractivity contribution in [2.24, 2.45) is 0 Å². The normalized spacial score (nSPS) is 9.45. The molecular formula is C9H14O2. The van der Waals surface area contributed by atoms with Gasteiger partial charge in [0.05, 0.1) is 5.57 Å². The first kappa shape index (κ1) is 12.4. The number of carbonyl (C=O) groups is 1. The molecular weight excluding hydrogens is 140 g/mol. The molecule has 0 aliphatic heterocycles. The highest BCUT2D eigenvalue weighted by atomic mass is 16.3. The van der Waals surface area contributed by atoms with Gasteiger partial charge in [-0.15, -0.1) is 13.2 Å². The van der Waals surface area contributed by atoms with Gasteiger partial charge < -0.3 is 5.11 Å². The van der Waals surface area contributed by atoms with E-state index in [4.69, 9.17) is 5.11 Å². The van der Waals surface area contributed by atoms with Gasteiger partial charge in [0.1, 0.15) is 5.76 Å². The van der Waals surface area contributed by atoms with E-state index >= 15 is 0 Å². The van der Waals surface area contributed by atoms with Crippen LogP contribution in [0.3, 0.4) is 0 Å². The molecule has 0 saturated carbocycles. The molecule has 0 heterocycles. The lowest BCUT2D eigenvalue weighted by atomic mass is 10.1. The van der Waals surface area contributed by atoms with Crippen molar-refractivity contribution in [1.82, 2.24) is 0 Å². The third-order valence-corrected chi connectivity index (χ3v) is 0.979. The summed E-state index contributed by atoms with van der Waals surface area (Å²) in [6.07, 6.45) is 1.53. The standard InChI is InChI=1S/C7H10O2.C2H4/c1-4-7(5(2)8)6(3)9;1-2/h4,8H,2H2,1,3H3;1-2H2/b7-4+;. The molecule has 62 valence electrons. The lowest BCUT2D eigenvalue weighted by molar-refractivity contribution is -0.113. The second kappa shape index (κ2) is 6.81. The first-order chi connectivity index (χ1) is 5.09. The predicted molar refractivity (Wildman–Crippen MR) is 47.5 cm³/mol. The maximum absolute atomic E-state index is 10.5. The summed E-state index contributed by atoms with van der Waals surface area (Å²) in [7, 11) is 0. The molecule has 2 heteroatoms. The number of rotatable bonds is 2. The average Bonchev–Trinajstić information content (AvgIpc) is 1.91. The van der Waals surface area contributed by atoms with Crippen molar-refractivity contribution >= 4 is 5.78 Å². The van der Waals surface area contributed by atoms with Crippen molar-refractivity contribution in [3.8, 4) is 0 Å². The zero-order valence-corrected chi connectivity index (χ0v) is 7.05. The number of aliphatic hydroxyl groups excluding tert-OH is 1. The Morgan fingerprint density at radius 1 is 1.45 bits per heavy atom. The molecule has 2 nitrogen and oxygen atoms in total. The van der Waals surface area contributed by atoms with Crippen LogP contribution >= 0.6 is 0 Å². The van der Waals surface area contributed by atoms with E-state index < -0.39 is 0 Å². The largest absolute Gasteiger partial charge is 0.508 e. The van der Waals surface area contributed by atoms with E-state index in [1.807, 2.05) is 0 Å². The van der Waals surface area contributed by atoms with Crippen LogP contribution in [0.15, 0.2) is 37.1 Å². The van der Waals surface area contributed by atoms with Gasteiger partial charge in [0, 0.05) is 0 Å². The summed E-state index contributed by atoms with van der Waals surface area (Å²) in [5, 5.41) is 8.70. The second-order valence-corrected chi connectivity index (χ2v) is 1.71. The number of Topliss-reactive ketones (excluding diaryl/α,β-unsaturated/α-hetero) is 1. The smallest absolute Gasteiger partial charge is 0.163 e. The molecule has 0 fully saturated rings. The van der Waals surface area contributed by atoms with E-state index in [0.29, 0.717) is 0 Å². The van der Waals surface area contributed by atoms with Gasteiger partial charge in [0.2, 0.25) is 0 Å². The fourth-order valence-corrected chi connectivity index (χ4v) is 0.573. The maximum Gasteiger partial charge on any atom is 0.163 e. The molecule has 0 rings (SSSR count). The molecule has 0 bridgehead atoms. The average molecular weight is 154 g/mol. The van der Waals surface area contributed by atoms with Crippen LogP contribution in [0.2, 0.25) is 0 Å². The quantitative estimate of drug-likeness (QED) is 0.287. The fraction of sp³-hybridized carbons (Fsp3) is 0.222. The van der Waals surface area contributed by atoms with E-state index in [2.05, 4.69) is 19.7 Å². The van der Waals surface area contributed by atoms with Crippen LogP contribution in [0, 0.1) is 0 Å². The van der Waals surface area contributed by atoms with E-state index in [1.165, 1.54) is 13.0 Å². The highest BCUT2D eigenvalue weighted by molar-refractivity contribution is 5.96. The van der Waals surface area contributed by atoms with Crippen LogP contribution in [0.25, 0.3) is 0 Å². The summed E-state index contributed by atoms with van der Waals surface area (Å²) >= 11 is 0. The summed E-state index contributed by atoms with van der Waals surface area (Å²) in [6, 6.07) is 0. The molecule has 0 aromatic carbocycles. The Morgan fingerprint density at radius 3 is 1.82 bits per heavy atom. The minimum Gasteiger partial charge on any atom is -0.508 e. The number of hydrogen-bond donors (Lipinski definition) is 1. The zero-order chi connectivity index (χ0) is 9.44. The van der Waals surface area contributed by atoms with Crippen molar-refractivity contribution in [3.05, 3.63) is 37.1 Å². The molecule has 0 spiro atoms. The Balaban J connectivity index is 0. The van der Waals surface area contributed by atoms with E-state index in [9.17, 15) is 4.79 Å². The van der Waals surface area contributed by atoms with Crippen LogP contribution in [-0.2, 0) is 4.79 Å². The van der Waals surface area contributed by atoms with Crippen molar-refractivity contribution in [2.45, 2.75) is 13.8 Å². The summed E-state index contributed by atoms with van der Waals surface area (Å²) < 4.78 is 0. The Labute approximate surface area is 67.6 Å². The second-order valence-electron chi connectivity index (χ2n) is 1.71. The molecule has 0 amide bonds. The topological polar surface area (TPSA) is 37.3 Å². The van der Waals surface area contributed by atoms with Crippen LogP contribution in [0.4, 0.5) is 0 Å². The van der Waals surface area contributed by atoms with Crippen LogP contribution in [0.5, 0.6) is 0 Å². The number of ketones is 1. The molecule has 11 heavy (non-hydrogen) atoms. The molecule has 0 aliphatic rings. The van der Waals surface area contributed by atoms with Crippen molar-refractivity contribution in [1.29, 1.82) is 0 Å². The summed E-state index contributed by atoms with van der Waals surface area (Å²) in [4.78, 5) is 10.5. The Morgan fingerprint density at radius 2 is 1.82 bits per heavy atom. The molecule has 0 aromatic heterocycles. The molecule has 0 radical (unpaired) electrons. The van der Waals surface area contributed by atoms with Gasteiger partial charge in [-0.05, 0) is 13.8 Å². The third kappa shape index (κ3) is 5.15. The number of allylic oxidation sites excluding steroid dienone is 2. The van der Waals surface area contributed by atoms with Crippen molar-refractivity contribution < 1.29 is 9.90 Å². The van der Waals surface area contributed by atoms with Gasteiger partial charge >= 0.3 is 0 Å². The lowest BCUT2D eigenvalue weighted by Crippen LogP contribution is -1.97. The highest BCUT2D eigenvalue weighted by Gasteiger charge is 2.03. The molecule has 0 saturated heterocycles. The van der Waals surface area contributed by atoms with Crippen LogP contribution < -0.4 is 0 Å². The summed E-state index contributed by atoms with van der Waals surface area (Å²) in [5.41, 5.74) is 0.287. The molecule has 0 atom stereocenters. The minimum atomic E-state index is -0.162. The van der Waals surface area contributed by atoms with E-state index in [1.54, 1.807) is 6.92 Å². The van der Waals surface area contributed by atoms with Crippen molar-refractivity contribution in [3.63, 3.8) is 0 Å². The Bertz CT molecular complexity index is 162. The molecule has 0 unspecified atom stereocenters. The predicted octanol–water partition coefficient (Wildman–Crippen LogP) is 2.40. The molecule has 0 aromatic rings. The van der Waals surface area contributed by atoms with Gasteiger partial charge in [-0.25, -0.2) is 0 Å². The Kier molecular flexibility index (Phi) is 7.66. The van der Waals surface area contributed by atoms with Gasteiger partial charge in [0.15, 0.2) is 5.78 Å². The van der Waals surface area contributed by atoms with Gasteiger partial charge in [-0.1, -0.05) is 12.7 Å². The zero-order valence-electron chi connectivity index (χ0n) is 7.05. The number of aliphatic hydroxyl groups is 1. The monoisotopic (exact) mass is 154 g/mol. The van der Waals surface area contributed by atoms with Crippen LogP contribution in [-0.4, -0.2) is 10.9 Å². The van der Waals surface area contributed by atoms with Crippen LogP contribution in [0.1, 0.15) is 13.8 Å². The summed E-state index contributed by atoms with van der Waals surface area (Å²) in [5.74, 6) is -0.324. The molecule has 1 N–H and O–H groups in total. The van der Waals surface area contributed by atoms with Gasteiger partial charge in [0.25, 0.3) is 0 Å². The number of hydrogen-bond acceptors (Lipinski definition) is 2. The fourth-order valence-electron chi connectivity index (χ4n) is 0.573. The highest BCUT2D eigenvalue weighted by Crippen LogP contribution is 2.03. The third-order valence-electron chi connectivity index (χ3n) is 0.979. The first-order valence-corrected chi connectivity index (χ1v) is 3.15. The maximum atomic E-state index is 10.5. The van der Waals surface area contributed by atoms with E-state index in [0.717, 1.165) is 0 Å².